The number of halogens is 3. The van der Waals surface area contributed by atoms with Gasteiger partial charge in [-0.1, -0.05) is 41.4 Å². The number of nitrogens with zero attached hydrogens (tertiary/aromatic N) is 3. The number of fused-ring (bicyclic) bond motifs is 1. The van der Waals surface area contributed by atoms with Crippen molar-refractivity contribution in [1.82, 2.24) is 20.0 Å². The van der Waals surface area contributed by atoms with E-state index in [4.69, 9.17) is 23.2 Å². The molecule has 0 unspecified atom stereocenters. The number of aromatic nitrogens is 2. The molecule has 32 heavy (non-hydrogen) atoms. The van der Waals surface area contributed by atoms with E-state index >= 15 is 0 Å². The van der Waals surface area contributed by atoms with Gasteiger partial charge in [-0.05, 0) is 48.6 Å². The second-order valence-corrected chi connectivity index (χ2v) is 9.26. The van der Waals surface area contributed by atoms with Crippen LogP contribution in [0.15, 0.2) is 48.7 Å². The molecule has 3 heterocycles. The molecule has 1 N–H and O–H groups in total. The van der Waals surface area contributed by atoms with E-state index in [9.17, 15) is 9.18 Å². The van der Waals surface area contributed by atoms with Crippen LogP contribution in [0.3, 0.4) is 0 Å². The summed E-state index contributed by atoms with van der Waals surface area (Å²) in [6.45, 7) is 3.02. The summed E-state index contributed by atoms with van der Waals surface area (Å²) in [6.07, 6.45) is 3.70. The van der Waals surface area contributed by atoms with Crippen LogP contribution in [0.4, 0.5) is 4.39 Å². The second kappa shape index (κ2) is 8.85. The van der Waals surface area contributed by atoms with Gasteiger partial charge in [0.2, 0.25) is 0 Å². The number of piperazine rings is 1. The van der Waals surface area contributed by atoms with Crippen LogP contribution >= 0.6 is 23.2 Å². The van der Waals surface area contributed by atoms with E-state index in [0.29, 0.717) is 41.3 Å². The van der Waals surface area contributed by atoms with Crippen LogP contribution in [0.2, 0.25) is 10.0 Å². The molecular weight excluding hydrogens is 450 g/mol. The van der Waals surface area contributed by atoms with E-state index in [1.54, 1.807) is 18.3 Å². The van der Waals surface area contributed by atoms with E-state index < -0.39 is 0 Å². The Labute approximate surface area is 196 Å². The monoisotopic (exact) mass is 472 g/mol. The summed E-state index contributed by atoms with van der Waals surface area (Å²) in [6, 6.07) is 12.7. The lowest BCUT2D eigenvalue weighted by atomic mass is 9.86. The lowest BCUT2D eigenvalue weighted by Crippen LogP contribution is -2.57. The summed E-state index contributed by atoms with van der Waals surface area (Å²) in [4.78, 5) is 17.7. The second-order valence-electron chi connectivity index (χ2n) is 8.47. The first-order valence-electron chi connectivity index (χ1n) is 10.8. The molecule has 1 amide bonds. The van der Waals surface area contributed by atoms with Gasteiger partial charge in [-0.25, -0.2) is 4.39 Å². The van der Waals surface area contributed by atoms with E-state index in [1.807, 2.05) is 29.2 Å². The Morgan fingerprint density at radius 3 is 2.75 bits per heavy atom. The maximum absolute atomic E-state index is 13.5. The fraction of sp³-hybridized carbons (Fsp3) is 0.333. The van der Waals surface area contributed by atoms with Gasteiger partial charge in [-0.2, -0.15) is 5.10 Å². The highest BCUT2D eigenvalue weighted by Gasteiger charge is 2.35. The lowest BCUT2D eigenvalue weighted by molar-refractivity contribution is 0.0329. The summed E-state index contributed by atoms with van der Waals surface area (Å²) in [5, 5.41) is 7.58. The van der Waals surface area contributed by atoms with Crippen LogP contribution in [0, 0.1) is 5.82 Å². The first-order valence-corrected chi connectivity index (χ1v) is 11.5. The minimum atomic E-state index is -0.383. The van der Waals surface area contributed by atoms with Gasteiger partial charge < -0.3 is 4.90 Å². The van der Waals surface area contributed by atoms with Gasteiger partial charge in [0, 0.05) is 44.0 Å². The first-order chi connectivity index (χ1) is 15.5. The Morgan fingerprint density at radius 2 is 1.97 bits per heavy atom. The van der Waals surface area contributed by atoms with Crippen LogP contribution in [0.1, 0.15) is 34.7 Å². The Morgan fingerprint density at radius 1 is 1.09 bits per heavy atom. The summed E-state index contributed by atoms with van der Waals surface area (Å²) in [5.41, 5.74) is 3.05. The molecule has 2 aliphatic heterocycles. The summed E-state index contributed by atoms with van der Waals surface area (Å²) in [5.74, 6) is -0.0997. The zero-order valence-corrected chi connectivity index (χ0v) is 18.9. The van der Waals surface area contributed by atoms with E-state index in [1.165, 1.54) is 6.07 Å². The molecule has 5 nitrogen and oxygen atoms in total. The maximum Gasteiger partial charge on any atom is 0.255 e. The third-order valence-corrected chi connectivity index (χ3v) is 7.31. The SMILES string of the molecule is O=C(c1cccc(-c2cc[nH]n2)c1Cl)N1CCN2C[C@@H](c3ccc(F)c(Cl)c3)CC[C@@H]2C1. The zero-order valence-electron chi connectivity index (χ0n) is 17.4. The number of hydrogen-bond donors (Lipinski definition) is 1. The minimum absolute atomic E-state index is 0.0422. The fourth-order valence-electron chi connectivity index (χ4n) is 4.87. The van der Waals surface area contributed by atoms with Gasteiger partial charge in [0.05, 0.1) is 21.3 Å². The van der Waals surface area contributed by atoms with Gasteiger partial charge >= 0.3 is 0 Å². The zero-order chi connectivity index (χ0) is 22.2. The van der Waals surface area contributed by atoms with Crippen molar-refractivity contribution in [2.75, 3.05) is 26.2 Å². The van der Waals surface area contributed by atoms with Crippen LogP contribution in [-0.4, -0.2) is 58.1 Å². The average Bonchev–Trinajstić information content (AvgIpc) is 3.34. The smallest absolute Gasteiger partial charge is 0.255 e. The lowest BCUT2D eigenvalue weighted by Gasteiger charge is -2.46. The number of H-pyrrole nitrogens is 1. The Hall–Kier alpha value is -2.41. The highest BCUT2D eigenvalue weighted by Crippen LogP contribution is 2.35. The molecule has 0 aliphatic carbocycles. The molecule has 2 aliphatic rings. The Kier molecular flexibility index (Phi) is 5.93. The summed E-state index contributed by atoms with van der Waals surface area (Å²) >= 11 is 12.6. The molecule has 2 aromatic carbocycles. The number of nitrogens with one attached hydrogen (secondary N) is 1. The predicted octanol–water partition coefficient (Wildman–Crippen LogP) is 5.23. The number of piperidine rings is 1. The number of carbonyl (C=O) groups excluding carboxylic acids is 1. The molecule has 5 rings (SSSR count). The van der Waals surface area contributed by atoms with Crippen LogP contribution < -0.4 is 0 Å². The molecule has 1 aromatic heterocycles. The standard InChI is InChI=1S/C24H23Cl2FN4O/c25-20-12-15(5-7-21(20)27)16-4-6-17-14-31(11-10-30(17)13-16)24(32)19-3-1-2-18(23(19)26)22-8-9-28-29-22/h1-3,5,7-9,12,16-17H,4,6,10-11,13-14H2,(H,28,29)/t16-,17+/m0/s1. The molecule has 3 aromatic rings. The number of benzene rings is 2. The van der Waals surface area contributed by atoms with Crippen molar-refractivity contribution < 1.29 is 9.18 Å². The van der Waals surface area contributed by atoms with Crippen molar-refractivity contribution in [1.29, 1.82) is 0 Å². The molecule has 8 heteroatoms. The molecule has 2 saturated heterocycles. The van der Waals surface area contributed by atoms with Gasteiger partial charge in [-0.15, -0.1) is 0 Å². The Balaban J connectivity index is 1.28. The van der Waals surface area contributed by atoms with Crippen LogP contribution in [0.5, 0.6) is 0 Å². The van der Waals surface area contributed by atoms with Crippen molar-refractivity contribution in [3.05, 3.63) is 75.7 Å². The van der Waals surface area contributed by atoms with Crippen molar-refractivity contribution >= 4 is 29.1 Å². The predicted molar refractivity (Wildman–Crippen MR) is 124 cm³/mol. The number of hydrogen-bond acceptors (Lipinski definition) is 3. The van der Waals surface area contributed by atoms with Crippen molar-refractivity contribution in [3.63, 3.8) is 0 Å². The van der Waals surface area contributed by atoms with Gasteiger partial charge in [0.15, 0.2) is 0 Å². The normalized spacial score (nSPS) is 21.4. The van der Waals surface area contributed by atoms with Crippen molar-refractivity contribution in [3.8, 4) is 11.3 Å². The quantitative estimate of drug-likeness (QED) is 0.567. The van der Waals surface area contributed by atoms with Crippen molar-refractivity contribution in [2.24, 2.45) is 0 Å². The Bertz CT molecular complexity index is 1140. The fourth-order valence-corrected chi connectivity index (χ4v) is 5.37. The third-order valence-electron chi connectivity index (χ3n) is 6.62. The van der Waals surface area contributed by atoms with Crippen LogP contribution in [-0.2, 0) is 0 Å². The number of carbonyl (C=O) groups is 1. The molecule has 0 saturated carbocycles. The molecule has 0 bridgehead atoms. The largest absolute Gasteiger partial charge is 0.336 e. The van der Waals surface area contributed by atoms with Gasteiger partial charge in [0.25, 0.3) is 5.91 Å². The number of amides is 1. The van der Waals surface area contributed by atoms with Crippen LogP contribution in [0.25, 0.3) is 11.3 Å². The maximum atomic E-state index is 13.5. The molecule has 2 fully saturated rings. The number of aromatic amines is 1. The molecule has 166 valence electrons. The summed E-state index contributed by atoms with van der Waals surface area (Å²) < 4.78 is 13.5. The molecule has 2 atom stereocenters. The van der Waals surface area contributed by atoms with Gasteiger partial charge in [-0.3, -0.25) is 14.8 Å². The summed E-state index contributed by atoms with van der Waals surface area (Å²) in [7, 11) is 0. The van der Waals surface area contributed by atoms with E-state index in [2.05, 4.69) is 15.1 Å². The number of rotatable bonds is 3. The van der Waals surface area contributed by atoms with E-state index in [-0.39, 0.29) is 16.7 Å². The highest BCUT2D eigenvalue weighted by molar-refractivity contribution is 6.36. The topological polar surface area (TPSA) is 52.2 Å². The highest BCUT2D eigenvalue weighted by atomic mass is 35.5. The van der Waals surface area contributed by atoms with Crippen molar-refractivity contribution in [2.45, 2.75) is 24.8 Å². The first kappa shape index (κ1) is 21.4. The molecular formula is C24H23Cl2FN4O. The molecule has 0 spiro atoms. The minimum Gasteiger partial charge on any atom is -0.336 e. The average molecular weight is 473 g/mol. The van der Waals surface area contributed by atoms with Gasteiger partial charge in [0.1, 0.15) is 5.82 Å². The third kappa shape index (κ3) is 4.03. The molecule has 0 radical (unpaired) electrons. The van der Waals surface area contributed by atoms with E-state index in [0.717, 1.165) is 37.1 Å².